The van der Waals surface area contributed by atoms with Gasteiger partial charge in [0, 0.05) is 16.8 Å². The highest BCUT2D eigenvalue weighted by atomic mass is 35.5. The SMILES string of the molecule is COc1ccc(Cl)cc1NC(=O)c1cc(C(C)C)n2nccc2n1. The summed E-state index contributed by atoms with van der Waals surface area (Å²) < 4.78 is 6.99. The van der Waals surface area contributed by atoms with Crippen molar-refractivity contribution in [1.82, 2.24) is 14.6 Å². The molecule has 0 spiro atoms. The van der Waals surface area contributed by atoms with Crippen LogP contribution in [0.15, 0.2) is 36.5 Å². The fourth-order valence-electron chi connectivity index (χ4n) is 2.43. The summed E-state index contributed by atoms with van der Waals surface area (Å²) in [6.07, 6.45) is 1.66. The number of hydrogen-bond donors (Lipinski definition) is 1. The monoisotopic (exact) mass is 344 g/mol. The lowest BCUT2D eigenvalue weighted by molar-refractivity contribution is 0.102. The number of rotatable bonds is 4. The van der Waals surface area contributed by atoms with E-state index in [1.54, 1.807) is 41.0 Å². The van der Waals surface area contributed by atoms with Crippen LogP contribution in [0.25, 0.3) is 5.65 Å². The standard InChI is InChI=1S/C17H17ClN4O2/c1-10(2)14-9-13(20-16-6-7-19-22(14)16)17(23)21-12-8-11(18)4-5-15(12)24-3/h4-10H,1-3H3,(H,21,23). The van der Waals surface area contributed by atoms with E-state index in [2.05, 4.69) is 15.4 Å². The van der Waals surface area contributed by atoms with E-state index < -0.39 is 0 Å². The minimum absolute atomic E-state index is 0.197. The second-order valence-corrected chi connectivity index (χ2v) is 6.06. The van der Waals surface area contributed by atoms with Gasteiger partial charge in [-0.25, -0.2) is 9.50 Å². The first kappa shape index (κ1) is 16.3. The number of carbonyl (C=O) groups excluding carboxylic acids is 1. The number of methoxy groups -OCH3 is 1. The van der Waals surface area contributed by atoms with E-state index in [1.165, 1.54) is 7.11 Å². The van der Waals surface area contributed by atoms with Crippen LogP contribution in [0.5, 0.6) is 5.75 Å². The van der Waals surface area contributed by atoms with Crippen LogP contribution in [0.1, 0.15) is 35.9 Å². The molecule has 3 aromatic rings. The van der Waals surface area contributed by atoms with Gasteiger partial charge in [-0.15, -0.1) is 0 Å². The molecule has 0 bridgehead atoms. The van der Waals surface area contributed by atoms with Crippen LogP contribution < -0.4 is 10.1 Å². The summed E-state index contributed by atoms with van der Waals surface area (Å²) in [7, 11) is 1.53. The maximum Gasteiger partial charge on any atom is 0.274 e. The van der Waals surface area contributed by atoms with Gasteiger partial charge in [0.2, 0.25) is 0 Å². The first-order valence-electron chi connectivity index (χ1n) is 7.49. The number of benzene rings is 1. The molecule has 1 amide bonds. The van der Waals surface area contributed by atoms with Crippen molar-refractivity contribution in [2.24, 2.45) is 0 Å². The van der Waals surface area contributed by atoms with Crippen molar-refractivity contribution in [3.8, 4) is 5.75 Å². The Hall–Kier alpha value is -2.60. The molecule has 0 saturated carbocycles. The summed E-state index contributed by atoms with van der Waals surface area (Å²) in [5, 5.41) is 7.56. The van der Waals surface area contributed by atoms with Gasteiger partial charge in [-0.2, -0.15) is 5.10 Å². The molecule has 1 aromatic carbocycles. The summed E-state index contributed by atoms with van der Waals surface area (Å²) in [4.78, 5) is 17.0. The number of carbonyl (C=O) groups is 1. The highest BCUT2D eigenvalue weighted by Crippen LogP contribution is 2.28. The highest BCUT2D eigenvalue weighted by Gasteiger charge is 2.16. The molecule has 0 saturated heterocycles. The van der Waals surface area contributed by atoms with Crippen LogP contribution in [0.2, 0.25) is 5.02 Å². The number of hydrogen-bond acceptors (Lipinski definition) is 4. The Morgan fingerprint density at radius 1 is 1.29 bits per heavy atom. The van der Waals surface area contributed by atoms with Crippen molar-refractivity contribution in [1.29, 1.82) is 0 Å². The van der Waals surface area contributed by atoms with E-state index in [-0.39, 0.29) is 11.8 Å². The average Bonchev–Trinajstić information content (AvgIpc) is 3.02. The van der Waals surface area contributed by atoms with Crippen LogP contribution in [0, 0.1) is 0 Å². The maximum atomic E-state index is 12.6. The molecule has 0 radical (unpaired) electrons. The van der Waals surface area contributed by atoms with Crippen molar-refractivity contribution in [2.45, 2.75) is 19.8 Å². The van der Waals surface area contributed by atoms with Crippen molar-refractivity contribution >= 4 is 28.8 Å². The average molecular weight is 345 g/mol. The second-order valence-electron chi connectivity index (χ2n) is 5.62. The molecule has 1 N–H and O–H groups in total. The van der Waals surface area contributed by atoms with Crippen molar-refractivity contribution in [2.75, 3.05) is 12.4 Å². The molecule has 24 heavy (non-hydrogen) atoms. The van der Waals surface area contributed by atoms with Gasteiger partial charge in [0.15, 0.2) is 5.65 Å². The van der Waals surface area contributed by atoms with Gasteiger partial charge in [0.1, 0.15) is 11.4 Å². The molecule has 7 heteroatoms. The van der Waals surface area contributed by atoms with E-state index in [0.717, 1.165) is 5.69 Å². The number of halogens is 1. The quantitative estimate of drug-likeness (QED) is 0.782. The van der Waals surface area contributed by atoms with Crippen molar-refractivity contribution in [3.63, 3.8) is 0 Å². The molecule has 124 valence electrons. The van der Waals surface area contributed by atoms with Crippen LogP contribution in [0.3, 0.4) is 0 Å². The third-order valence-electron chi connectivity index (χ3n) is 3.62. The van der Waals surface area contributed by atoms with Crippen LogP contribution >= 0.6 is 11.6 Å². The Kier molecular flexibility index (Phi) is 4.40. The van der Waals surface area contributed by atoms with Gasteiger partial charge >= 0.3 is 0 Å². The molecule has 0 fully saturated rings. The maximum absolute atomic E-state index is 12.6. The van der Waals surface area contributed by atoms with Gasteiger partial charge < -0.3 is 10.1 Å². The lowest BCUT2D eigenvalue weighted by atomic mass is 10.1. The number of nitrogens with one attached hydrogen (secondary N) is 1. The van der Waals surface area contributed by atoms with Crippen molar-refractivity contribution in [3.05, 3.63) is 52.9 Å². The first-order chi connectivity index (χ1) is 11.5. The minimum atomic E-state index is -0.332. The summed E-state index contributed by atoms with van der Waals surface area (Å²) in [5.74, 6) is 0.395. The van der Waals surface area contributed by atoms with E-state index in [1.807, 2.05) is 13.8 Å². The van der Waals surface area contributed by atoms with Gasteiger partial charge in [-0.3, -0.25) is 4.79 Å². The zero-order chi connectivity index (χ0) is 17.3. The molecule has 0 unspecified atom stereocenters. The zero-order valence-corrected chi connectivity index (χ0v) is 14.3. The van der Waals surface area contributed by atoms with Gasteiger partial charge in [0.05, 0.1) is 19.0 Å². The molecule has 0 aliphatic heterocycles. The molecule has 2 aromatic heterocycles. The molecule has 0 aliphatic rings. The zero-order valence-electron chi connectivity index (χ0n) is 13.6. The van der Waals surface area contributed by atoms with E-state index in [4.69, 9.17) is 16.3 Å². The van der Waals surface area contributed by atoms with Gasteiger partial charge in [-0.1, -0.05) is 25.4 Å². The number of fused-ring (bicyclic) bond motifs is 1. The highest BCUT2D eigenvalue weighted by molar-refractivity contribution is 6.31. The minimum Gasteiger partial charge on any atom is -0.495 e. The molecule has 0 atom stereocenters. The predicted molar refractivity (Wildman–Crippen MR) is 93.0 cm³/mol. The van der Waals surface area contributed by atoms with Crippen LogP contribution in [-0.4, -0.2) is 27.6 Å². The third-order valence-corrected chi connectivity index (χ3v) is 3.86. The number of anilines is 1. The molecule has 3 rings (SSSR count). The lowest BCUT2D eigenvalue weighted by Crippen LogP contribution is -2.16. The molecule has 0 aliphatic carbocycles. The fourth-order valence-corrected chi connectivity index (χ4v) is 2.60. The number of amides is 1. The Morgan fingerprint density at radius 2 is 2.08 bits per heavy atom. The first-order valence-corrected chi connectivity index (χ1v) is 7.87. The summed E-state index contributed by atoms with van der Waals surface area (Å²) in [6.45, 7) is 4.08. The fraction of sp³-hybridized carbons (Fsp3) is 0.235. The Balaban J connectivity index is 1.99. The van der Waals surface area contributed by atoms with E-state index >= 15 is 0 Å². The topological polar surface area (TPSA) is 68.5 Å². The predicted octanol–water partition coefficient (Wildman–Crippen LogP) is 3.77. The Bertz CT molecular complexity index is 905. The van der Waals surface area contributed by atoms with Gasteiger partial charge in [0.25, 0.3) is 5.91 Å². The van der Waals surface area contributed by atoms with Crippen LogP contribution in [0.4, 0.5) is 5.69 Å². The lowest BCUT2D eigenvalue weighted by Gasteiger charge is -2.12. The Labute approximate surface area is 144 Å². The van der Waals surface area contributed by atoms with Crippen LogP contribution in [-0.2, 0) is 0 Å². The summed E-state index contributed by atoms with van der Waals surface area (Å²) in [6, 6.07) is 8.55. The summed E-state index contributed by atoms with van der Waals surface area (Å²) >= 11 is 6.00. The molecular formula is C17H17ClN4O2. The molecule has 2 heterocycles. The third kappa shape index (κ3) is 3.05. The molecular weight excluding hydrogens is 328 g/mol. The van der Waals surface area contributed by atoms with Crippen molar-refractivity contribution < 1.29 is 9.53 Å². The largest absolute Gasteiger partial charge is 0.495 e. The number of ether oxygens (including phenoxy) is 1. The number of aromatic nitrogens is 3. The molecule has 6 nitrogen and oxygen atoms in total. The van der Waals surface area contributed by atoms with E-state index in [9.17, 15) is 4.79 Å². The number of nitrogens with zero attached hydrogens (tertiary/aromatic N) is 3. The summed E-state index contributed by atoms with van der Waals surface area (Å²) in [5.41, 5.74) is 2.35. The van der Waals surface area contributed by atoms with E-state index in [0.29, 0.717) is 27.8 Å². The van der Waals surface area contributed by atoms with Gasteiger partial charge in [-0.05, 0) is 30.2 Å². The second kappa shape index (κ2) is 6.49. The normalized spacial score (nSPS) is 11.0. The smallest absolute Gasteiger partial charge is 0.274 e. The Morgan fingerprint density at radius 3 is 2.79 bits per heavy atom.